The Labute approximate surface area is 111 Å². The van der Waals surface area contributed by atoms with Crippen molar-refractivity contribution in [2.75, 3.05) is 0 Å². The number of nitro groups is 1. The Morgan fingerprint density at radius 2 is 2.11 bits per heavy atom. The van der Waals surface area contributed by atoms with Gasteiger partial charge in [0.1, 0.15) is 5.54 Å². The van der Waals surface area contributed by atoms with Crippen LogP contribution in [0.3, 0.4) is 0 Å². The molecule has 0 spiro atoms. The highest BCUT2D eigenvalue weighted by Crippen LogP contribution is 2.40. The monoisotopic (exact) mass is 262 g/mol. The summed E-state index contributed by atoms with van der Waals surface area (Å²) in [4.78, 5) is 15.0. The minimum absolute atomic E-state index is 0.0214. The van der Waals surface area contributed by atoms with Gasteiger partial charge in [-0.3, -0.25) is 10.1 Å². The van der Waals surface area contributed by atoms with Gasteiger partial charge in [-0.1, -0.05) is 32.0 Å². The van der Waals surface area contributed by atoms with E-state index in [1.165, 1.54) is 0 Å². The molecule has 1 aromatic carbocycles. The Morgan fingerprint density at radius 1 is 1.47 bits per heavy atom. The molecule has 0 amide bonds. The molecule has 2 atom stereocenters. The van der Waals surface area contributed by atoms with Crippen molar-refractivity contribution in [2.24, 2.45) is 22.4 Å². The normalized spacial score (nSPS) is 25.9. The summed E-state index contributed by atoms with van der Waals surface area (Å²) in [6.45, 7) is 3.96. The lowest BCUT2D eigenvalue weighted by atomic mass is 9.75. The molecule has 19 heavy (non-hydrogen) atoms. The first-order valence-electron chi connectivity index (χ1n) is 6.22. The second-order valence-corrected chi connectivity index (χ2v) is 5.38. The van der Waals surface area contributed by atoms with E-state index in [4.69, 9.17) is 11.5 Å². The number of fused-ring (bicyclic) bond motifs is 1. The Balaban J connectivity index is 2.63. The lowest BCUT2D eigenvalue weighted by Gasteiger charge is -2.36. The number of nitrogens with zero attached hydrogens (tertiary/aromatic N) is 2. The third-order valence-corrected chi connectivity index (χ3v) is 3.38. The third kappa shape index (κ3) is 2.19. The van der Waals surface area contributed by atoms with Crippen molar-refractivity contribution < 1.29 is 4.92 Å². The predicted octanol–water partition coefficient (Wildman–Crippen LogP) is 1.53. The number of hydrogen-bond acceptors (Lipinski definition) is 5. The van der Waals surface area contributed by atoms with Gasteiger partial charge in [0.25, 0.3) is 6.04 Å². The summed E-state index contributed by atoms with van der Waals surface area (Å²) in [7, 11) is 0. The van der Waals surface area contributed by atoms with Gasteiger partial charge in [-0.25, -0.2) is 4.99 Å². The van der Waals surface area contributed by atoms with Crippen molar-refractivity contribution in [3.8, 4) is 0 Å². The summed E-state index contributed by atoms with van der Waals surface area (Å²) < 4.78 is 0. The maximum atomic E-state index is 11.3. The molecule has 6 heteroatoms. The molecule has 4 N–H and O–H groups in total. The molecule has 0 bridgehead atoms. The summed E-state index contributed by atoms with van der Waals surface area (Å²) in [5.74, 6) is 0.193. The molecule has 1 aliphatic rings. The van der Waals surface area contributed by atoms with E-state index in [2.05, 4.69) is 4.99 Å². The molecule has 2 rings (SSSR count). The zero-order valence-corrected chi connectivity index (χ0v) is 11.0. The van der Waals surface area contributed by atoms with E-state index in [0.717, 1.165) is 0 Å². The third-order valence-electron chi connectivity index (χ3n) is 3.38. The average molecular weight is 262 g/mol. The van der Waals surface area contributed by atoms with Gasteiger partial charge in [0, 0.05) is 10.5 Å². The summed E-state index contributed by atoms with van der Waals surface area (Å²) in [6.07, 6.45) is 0.478. The Morgan fingerprint density at radius 3 is 2.68 bits per heavy atom. The maximum Gasteiger partial charge on any atom is 0.290 e. The number of nitrogens with two attached hydrogens (primary N) is 2. The Kier molecular flexibility index (Phi) is 3.28. The minimum Gasteiger partial charge on any atom is -0.381 e. The number of rotatable bonds is 3. The molecular formula is C13H18N4O2. The quantitative estimate of drug-likeness (QED) is 0.636. The molecule has 0 radical (unpaired) electrons. The topological polar surface area (TPSA) is 108 Å². The van der Waals surface area contributed by atoms with Crippen LogP contribution >= 0.6 is 0 Å². The van der Waals surface area contributed by atoms with Crippen LogP contribution in [0.25, 0.3) is 0 Å². The lowest BCUT2D eigenvalue weighted by Crippen LogP contribution is -2.59. The van der Waals surface area contributed by atoms with Gasteiger partial charge in [0.15, 0.2) is 5.84 Å². The van der Waals surface area contributed by atoms with Crippen molar-refractivity contribution in [3.63, 3.8) is 0 Å². The number of hydrogen-bond donors (Lipinski definition) is 2. The highest BCUT2D eigenvalue weighted by molar-refractivity contribution is 5.91. The summed E-state index contributed by atoms with van der Waals surface area (Å²) in [5, 5.41) is 11.3. The number of aliphatic imine (C=N–C) groups is 1. The van der Waals surface area contributed by atoms with Crippen LogP contribution in [-0.2, 0) is 5.54 Å². The fraction of sp³-hybridized carbons (Fsp3) is 0.462. The average Bonchev–Trinajstić information content (AvgIpc) is 2.26. The first kappa shape index (κ1) is 13.5. The SMILES string of the molecule is CC(C)CC1(N)c2ccccc2N=C(N)C1[N+](=O)[O-]. The standard InChI is InChI=1S/C13H18N4O2/c1-8(2)7-13(15)9-5-3-4-6-10(9)16-12(14)11(13)17(18)19/h3-6,8,11H,7,15H2,1-2H3,(H2,14,16). The van der Waals surface area contributed by atoms with Gasteiger partial charge < -0.3 is 11.5 Å². The van der Waals surface area contributed by atoms with E-state index >= 15 is 0 Å². The lowest BCUT2D eigenvalue weighted by molar-refractivity contribution is -0.516. The maximum absolute atomic E-state index is 11.3. The van der Waals surface area contributed by atoms with Crippen molar-refractivity contribution in [1.82, 2.24) is 0 Å². The Hall–Kier alpha value is -1.95. The zero-order valence-electron chi connectivity index (χ0n) is 11.0. The first-order valence-corrected chi connectivity index (χ1v) is 6.22. The second kappa shape index (κ2) is 4.62. The van der Waals surface area contributed by atoms with Gasteiger partial charge in [-0.05, 0) is 18.4 Å². The van der Waals surface area contributed by atoms with E-state index < -0.39 is 16.5 Å². The van der Waals surface area contributed by atoms with Crippen LogP contribution < -0.4 is 11.5 Å². The number of amidine groups is 1. The van der Waals surface area contributed by atoms with Gasteiger partial charge in [-0.2, -0.15) is 0 Å². The van der Waals surface area contributed by atoms with E-state index in [-0.39, 0.29) is 11.8 Å². The predicted molar refractivity (Wildman–Crippen MR) is 73.8 cm³/mol. The van der Waals surface area contributed by atoms with Crippen molar-refractivity contribution in [3.05, 3.63) is 39.9 Å². The summed E-state index contributed by atoms with van der Waals surface area (Å²) in [5.41, 5.74) is 12.4. The summed E-state index contributed by atoms with van der Waals surface area (Å²) >= 11 is 0. The second-order valence-electron chi connectivity index (χ2n) is 5.38. The van der Waals surface area contributed by atoms with E-state index in [9.17, 15) is 10.1 Å². The molecule has 0 saturated heterocycles. The van der Waals surface area contributed by atoms with Crippen molar-refractivity contribution in [2.45, 2.75) is 31.8 Å². The molecule has 102 valence electrons. The first-order chi connectivity index (χ1) is 8.86. The van der Waals surface area contributed by atoms with Gasteiger partial charge in [0.2, 0.25) is 0 Å². The van der Waals surface area contributed by atoms with Crippen LogP contribution in [0.15, 0.2) is 29.3 Å². The van der Waals surface area contributed by atoms with Crippen molar-refractivity contribution >= 4 is 11.5 Å². The zero-order chi connectivity index (χ0) is 14.2. The molecular weight excluding hydrogens is 244 g/mol. The van der Waals surface area contributed by atoms with Gasteiger partial charge in [0.05, 0.1) is 5.69 Å². The number of benzene rings is 1. The van der Waals surface area contributed by atoms with Crippen LogP contribution in [0, 0.1) is 16.0 Å². The fourth-order valence-corrected chi connectivity index (χ4v) is 2.77. The highest BCUT2D eigenvalue weighted by Gasteiger charge is 2.51. The molecule has 0 fully saturated rings. The van der Waals surface area contributed by atoms with Crippen molar-refractivity contribution in [1.29, 1.82) is 0 Å². The molecule has 0 aromatic heterocycles. The van der Waals surface area contributed by atoms with Gasteiger partial charge in [-0.15, -0.1) is 0 Å². The largest absolute Gasteiger partial charge is 0.381 e. The van der Waals surface area contributed by atoms with Gasteiger partial charge >= 0.3 is 0 Å². The highest BCUT2D eigenvalue weighted by atomic mass is 16.6. The molecule has 1 aliphatic heterocycles. The van der Waals surface area contributed by atoms with Crippen LogP contribution in [0.5, 0.6) is 0 Å². The molecule has 2 unspecified atom stereocenters. The van der Waals surface area contributed by atoms with Crippen LogP contribution in [-0.4, -0.2) is 16.8 Å². The smallest absolute Gasteiger partial charge is 0.290 e. The summed E-state index contributed by atoms with van der Waals surface area (Å²) in [6, 6.07) is 6.03. The van der Waals surface area contributed by atoms with E-state index in [1.807, 2.05) is 26.0 Å². The molecule has 0 aliphatic carbocycles. The van der Waals surface area contributed by atoms with Crippen LogP contribution in [0.1, 0.15) is 25.8 Å². The fourth-order valence-electron chi connectivity index (χ4n) is 2.77. The number of para-hydroxylation sites is 1. The van der Waals surface area contributed by atoms with Crippen LogP contribution in [0.2, 0.25) is 0 Å². The van der Waals surface area contributed by atoms with E-state index in [0.29, 0.717) is 17.7 Å². The molecule has 6 nitrogen and oxygen atoms in total. The van der Waals surface area contributed by atoms with Crippen LogP contribution in [0.4, 0.5) is 5.69 Å². The molecule has 1 aromatic rings. The minimum atomic E-state index is -1.18. The molecule has 0 saturated carbocycles. The Bertz CT molecular complexity index is 541. The van der Waals surface area contributed by atoms with E-state index in [1.54, 1.807) is 12.1 Å². The molecule has 1 heterocycles.